The van der Waals surface area contributed by atoms with Gasteiger partial charge in [-0.2, -0.15) is 0 Å². The van der Waals surface area contributed by atoms with Gasteiger partial charge in [0.25, 0.3) is 0 Å². The van der Waals surface area contributed by atoms with Crippen molar-refractivity contribution in [2.75, 3.05) is 0 Å². The van der Waals surface area contributed by atoms with E-state index in [9.17, 15) is 0 Å². The summed E-state index contributed by atoms with van der Waals surface area (Å²) in [5, 5.41) is 4.99. The van der Waals surface area contributed by atoms with Crippen molar-refractivity contribution >= 4 is 35.8 Å². The average molecular weight is 279 g/mol. The predicted octanol–water partition coefficient (Wildman–Crippen LogP) is 4.02. The summed E-state index contributed by atoms with van der Waals surface area (Å²) in [6.45, 7) is 3.66. The third-order valence-electron chi connectivity index (χ3n) is 2.03. The first-order valence-electron chi connectivity index (χ1n) is 4.67. The molecule has 0 spiro atoms. The Kier molecular flexibility index (Phi) is 7.29. The molecule has 0 radical (unpaired) electrons. The van der Waals surface area contributed by atoms with Gasteiger partial charge in [-0.1, -0.05) is 0 Å². The van der Waals surface area contributed by atoms with Gasteiger partial charge in [0.05, 0.1) is 0 Å². The molecule has 0 unspecified atom stereocenters. The molecule has 1 saturated carbocycles. The van der Waals surface area contributed by atoms with E-state index in [0.717, 1.165) is 5.25 Å². The quantitative estimate of drug-likeness (QED) is 0.697. The topological polar surface area (TPSA) is 0 Å². The second-order valence-corrected chi connectivity index (χ2v) is 7.95. The van der Waals surface area contributed by atoms with E-state index in [0.29, 0.717) is 13.8 Å². The second-order valence-electron chi connectivity index (χ2n) is 3.03. The van der Waals surface area contributed by atoms with E-state index in [4.69, 9.17) is 0 Å². The van der Waals surface area contributed by atoms with Gasteiger partial charge in [-0.15, -0.1) is 0 Å². The van der Waals surface area contributed by atoms with Crippen LogP contribution in [0, 0.1) is 0 Å². The van der Waals surface area contributed by atoms with Crippen LogP contribution in [0.25, 0.3) is 0 Å². The first-order chi connectivity index (χ1) is 6.43. The Bertz CT molecular complexity index is 162. The van der Waals surface area contributed by atoms with Crippen molar-refractivity contribution in [2.24, 2.45) is 0 Å². The van der Waals surface area contributed by atoms with E-state index < -0.39 is 0 Å². The fourth-order valence-corrected chi connectivity index (χ4v) is 6.35. The minimum atomic E-state index is 0.651. The molecule has 0 bridgehead atoms. The van der Waals surface area contributed by atoms with Gasteiger partial charge in [0.2, 0.25) is 0 Å². The zero-order valence-electron chi connectivity index (χ0n) is 7.78. The van der Waals surface area contributed by atoms with Gasteiger partial charge >= 0.3 is 95.5 Å². The molecule has 0 heterocycles. The van der Waals surface area contributed by atoms with Crippen LogP contribution in [0.15, 0.2) is 22.4 Å². The van der Waals surface area contributed by atoms with E-state index in [1.165, 1.54) is 32.1 Å². The van der Waals surface area contributed by atoms with Crippen LogP contribution in [0.2, 0.25) is 0 Å². The van der Waals surface area contributed by atoms with Crippen LogP contribution in [0.1, 0.15) is 32.1 Å². The summed E-state index contributed by atoms with van der Waals surface area (Å²) in [7, 11) is 2.18. The molecule has 1 fully saturated rings. The van der Waals surface area contributed by atoms with Crippen molar-refractivity contribution in [1.82, 2.24) is 0 Å². The molecule has 74 valence electrons. The molecule has 1 aliphatic rings. The summed E-state index contributed by atoms with van der Waals surface area (Å²) < 4.78 is 0. The molecule has 3 heteroatoms. The van der Waals surface area contributed by atoms with Crippen molar-refractivity contribution in [2.45, 2.75) is 37.4 Å². The van der Waals surface area contributed by atoms with Crippen molar-refractivity contribution in [1.29, 1.82) is 0 Å². The molecular formula is C10H16S2Se. The molecule has 0 N–H and O–H groups in total. The molecule has 0 nitrogen and oxygen atoms in total. The molecule has 1 aliphatic carbocycles. The zero-order valence-corrected chi connectivity index (χ0v) is 11.1. The van der Waals surface area contributed by atoms with Crippen LogP contribution >= 0.6 is 21.9 Å². The number of rotatable bonds is 5. The van der Waals surface area contributed by atoms with E-state index in [-0.39, 0.29) is 0 Å². The SMILES string of the molecule is C=CS/C=C\[Se]SC1CCCCC1. The van der Waals surface area contributed by atoms with Crippen LogP contribution in [0.5, 0.6) is 0 Å². The fraction of sp³-hybridized carbons (Fsp3) is 0.600. The summed E-state index contributed by atoms with van der Waals surface area (Å²) in [6.07, 6.45) is 7.29. The van der Waals surface area contributed by atoms with Gasteiger partial charge in [0.1, 0.15) is 0 Å². The number of hydrogen-bond donors (Lipinski definition) is 0. The Morgan fingerprint density at radius 3 is 2.69 bits per heavy atom. The molecule has 0 aromatic heterocycles. The predicted molar refractivity (Wildman–Crippen MR) is 67.1 cm³/mol. The fourth-order valence-electron chi connectivity index (χ4n) is 1.38. The van der Waals surface area contributed by atoms with E-state index in [2.05, 4.69) is 27.1 Å². The molecular weight excluding hydrogens is 263 g/mol. The van der Waals surface area contributed by atoms with E-state index in [1.807, 2.05) is 5.41 Å². The Morgan fingerprint density at radius 1 is 1.23 bits per heavy atom. The van der Waals surface area contributed by atoms with Gasteiger partial charge < -0.3 is 0 Å². The third-order valence-corrected chi connectivity index (χ3v) is 7.27. The van der Waals surface area contributed by atoms with Crippen molar-refractivity contribution in [3.8, 4) is 0 Å². The maximum atomic E-state index is 3.66. The Balaban J connectivity index is 2.00. The minimum absolute atomic E-state index is 0.651. The first kappa shape index (κ1) is 11.8. The Morgan fingerprint density at radius 2 is 2.00 bits per heavy atom. The summed E-state index contributed by atoms with van der Waals surface area (Å²) >= 11 is 2.33. The molecule has 13 heavy (non-hydrogen) atoms. The second kappa shape index (κ2) is 8.04. The molecule has 1 rings (SSSR count). The van der Waals surface area contributed by atoms with Crippen LogP contribution in [0.3, 0.4) is 0 Å². The summed E-state index contributed by atoms with van der Waals surface area (Å²) in [5.41, 5.74) is 0. The van der Waals surface area contributed by atoms with Gasteiger partial charge in [-0.05, 0) is 0 Å². The molecule has 0 aromatic rings. The van der Waals surface area contributed by atoms with Crippen molar-refractivity contribution in [3.63, 3.8) is 0 Å². The average Bonchev–Trinajstić information content (AvgIpc) is 2.19. The molecule has 0 atom stereocenters. The Labute approximate surface area is 95.2 Å². The summed E-state index contributed by atoms with van der Waals surface area (Å²) in [5.74, 6) is 0. The van der Waals surface area contributed by atoms with Crippen molar-refractivity contribution in [3.05, 3.63) is 22.4 Å². The molecule has 0 saturated heterocycles. The van der Waals surface area contributed by atoms with Crippen LogP contribution < -0.4 is 0 Å². The van der Waals surface area contributed by atoms with Gasteiger partial charge in [-0.25, -0.2) is 0 Å². The standard InChI is InChI=1S/C10H16S2Se/c1-2-11-8-9-13-12-10-6-4-3-5-7-10/h2,8-10H,1,3-7H2/b9-8-. The maximum absolute atomic E-state index is 3.66. The first-order valence-corrected chi connectivity index (χ1v) is 9.50. The zero-order chi connectivity index (χ0) is 9.36. The number of hydrogen-bond acceptors (Lipinski definition) is 2. The molecule has 0 aromatic carbocycles. The summed E-state index contributed by atoms with van der Waals surface area (Å²) in [4.78, 5) is 2.30. The monoisotopic (exact) mass is 280 g/mol. The van der Waals surface area contributed by atoms with Crippen LogP contribution in [0.4, 0.5) is 0 Å². The van der Waals surface area contributed by atoms with Crippen LogP contribution in [-0.4, -0.2) is 19.1 Å². The molecule has 0 aliphatic heterocycles. The normalized spacial score (nSPS) is 19.4. The number of thioether (sulfide) groups is 1. The van der Waals surface area contributed by atoms with Gasteiger partial charge in [0, 0.05) is 0 Å². The van der Waals surface area contributed by atoms with E-state index >= 15 is 0 Å². The summed E-state index contributed by atoms with van der Waals surface area (Å²) in [6, 6.07) is 0. The molecule has 0 amide bonds. The van der Waals surface area contributed by atoms with Gasteiger partial charge in [-0.3, -0.25) is 0 Å². The van der Waals surface area contributed by atoms with E-state index in [1.54, 1.807) is 11.8 Å². The van der Waals surface area contributed by atoms with Gasteiger partial charge in [0.15, 0.2) is 0 Å². The van der Waals surface area contributed by atoms with Crippen molar-refractivity contribution < 1.29 is 0 Å². The third kappa shape index (κ3) is 5.90. The van der Waals surface area contributed by atoms with Crippen LogP contribution in [-0.2, 0) is 0 Å². The Hall–Kier alpha value is 0.699.